The monoisotopic (exact) mass is 488 g/mol. The number of alkyl halides is 3. The van der Waals surface area contributed by atoms with E-state index >= 15 is 0 Å². The minimum Gasteiger partial charge on any atom is -0.354 e. The van der Waals surface area contributed by atoms with Gasteiger partial charge in [-0.15, -0.1) is 0 Å². The largest absolute Gasteiger partial charge is 0.416 e. The van der Waals surface area contributed by atoms with Crippen molar-refractivity contribution in [2.75, 3.05) is 11.9 Å². The molecule has 2 aliphatic heterocycles. The summed E-state index contributed by atoms with van der Waals surface area (Å²) in [5.74, 6) is 1.44. The minimum atomic E-state index is -4.73. The van der Waals surface area contributed by atoms with E-state index in [1.807, 2.05) is 9.47 Å². The molecule has 1 atom stereocenters. The Balaban J connectivity index is 1.39. The van der Waals surface area contributed by atoms with Crippen molar-refractivity contribution in [3.8, 4) is 0 Å². The topological polar surface area (TPSA) is 106 Å². The van der Waals surface area contributed by atoms with Gasteiger partial charge in [-0.25, -0.2) is 0 Å². The average Bonchev–Trinajstić information content (AvgIpc) is 3.37. The van der Waals surface area contributed by atoms with Gasteiger partial charge in [0.25, 0.3) is 5.69 Å². The van der Waals surface area contributed by atoms with Crippen LogP contribution in [0.3, 0.4) is 0 Å². The predicted octanol–water partition coefficient (Wildman–Crippen LogP) is 3.54. The smallest absolute Gasteiger partial charge is 0.354 e. The Kier molecular flexibility index (Phi) is 4.59. The first kappa shape index (κ1) is 22.1. The Labute approximate surface area is 197 Å². The number of nitro benzene ring substituents is 1. The molecule has 3 fully saturated rings. The van der Waals surface area contributed by atoms with E-state index in [9.17, 15) is 28.1 Å². The maximum Gasteiger partial charge on any atom is 0.416 e. The van der Waals surface area contributed by atoms with Gasteiger partial charge in [-0.2, -0.15) is 18.2 Å². The summed E-state index contributed by atoms with van der Waals surface area (Å²) in [4.78, 5) is 34.7. The van der Waals surface area contributed by atoms with Crippen molar-refractivity contribution in [2.24, 2.45) is 16.3 Å². The summed E-state index contributed by atoms with van der Waals surface area (Å²) in [5, 5.41) is 14.4. The van der Waals surface area contributed by atoms with Crippen molar-refractivity contribution in [1.29, 1.82) is 0 Å². The number of carbonyl (C=O) groups excluding carboxylic acids is 1. The molecule has 1 N–H and O–H groups in total. The molecule has 2 bridgehead atoms. The van der Waals surface area contributed by atoms with Gasteiger partial charge in [0.1, 0.15) is 0 Å². The van der Waals surface area contributed by atoms with Crippen LogP contribution in [0.15, 0.2) is 23.2 Å². The van der Waals surface area contributed by atoms with Crippen molar-refractivity contribution in [1.82, 2.24) is 14.5 Å². The molecule has 7 rings (SSSR count). The van der Waals surface area contributed by atoms with E-state index in [2.05, 4.69) is 15.3 Å². The Bertz CT molecular complexity index is 1330. The number of rotatable bonds is 4. The number of aromatic nitrogens is 2. The number of anilines is 1. The van der Waals surface area contributed by atoms with E-state index in [-0.39, 0.29) is 16.9 Å². The van der Waals surface area contributed by atoms with Gasteiger partial charge in [0.05, 0.1) is 35.0 Å². The third-order valence-corrected chi connectivity index (χ3v) is 7.78. The zero-order valence-electron chi connectivity index (χ0n) is 18.9. The molecule has 0 radical (unpaired) electrons. The van der Waals surface area contributed by atoms with E-state index in [1.165, 1.54) is 0 Å². The minimum absolute atomic E-state index is 0.0722. The van der Waals surface area contributed by atoms with E-state index in [1.54, 1.807) is 6.92 Å². The van der Waals surface area contributed by atoms with Gasteiger partial charge in [-0.3, -0.25) is 19.9 Å². The van der Waals surface area contributed by atoms with Crippen LogP contribution in [0.25, 0.3) is 0 Å². The lowest BCUT2D eigenvalue weighted by Gasteiger charge is -2.61. The highest BCUT2D eigenvalue weighted by Gasteiger charge is 2.62. The molecule has 3 aliphatic carbocycles. The van der Waals surface area contributed by atoms with E-state index in [4.69, 9.17) is 0 Å². The summed E-state index contributed by atoms with van der Waals surface area (Å²) in [6.07, 6.45) is -1.87. The molecule has 5 aliphatic rings. The van der Waals surface area contributed by atoms with Crippen molar-refractivity contribution < 1.29 is 22.9 Å². The summed E-state index contributed by atoms with van der Waals surface area (Å²) in [7, 11) is 0. The first-order valence-electron chi connectivity index (χ1n) is 11.6. The predicted molar refractivity (Wildman–Crippen MR) is 117 cm³/mol. The maximum absolute atomic E-state index is 13.4. The lowest BCUT2D eigenvalue weighted by molar-refractivity contribution is -0.385. The van der Waals surface area contributed by atoms with Crippen LogP contribution in [0.4, 0.5) is 24.8 Å². The van der Waals surface area contributed by atoms with Crippen molar-refractivity contribution in [3.05, 3.63) is 56.2 Å². The van der Waals surface area contributed by atoms with Gasteiger partial charge in [-0.05, 0) is 43.7 Å². The van der Waals surface area contributed by atoms with Gasteiger partial charge >= 0.3 is 6.18 Å². The number of non-ortho nitro benzene ring substituents is 1. The zero-order chi connectivity index (χ0) is 24.7. The van der Waals surface area contributed by atoms with Crippen LogP contribution >= 0.6 is 0 Å². The van der Waals surface area contributed by atoms with Crippen LogP contribution in [0.5, 0.6) is 0 Å². The summed E-state index contributed by atoms with van der Waals surface area (Å²) in [5.41, 5.74) is 0.184. The Morgan fingerprint density at radius 1 is 1.29 bits per heavy atom. The Hall–Kier alpha value is -3.44. The summed E-state index contributed by atoms with van der Waals surface area (Å²) in [6.45, 7) is 3.76. The fourth-order valence-electron chi connectivity index (χ4n) is 5.80. The molecular formula is C23H23F3N6O3. The quantitative estimate of drug-likeness (QED) is 0.524. The highest BCUT2D eigenvalue weighted by Crippen LogP contribution is 2.65. The average molecular weight is 488 g/mol. The van der Waals surface area contributed by atoms with E-state index < -0.39 is 28.4 Å². The molecule has 184 valence electrons. The number of nitro groups is 1. The van der Waals surface area contributed by atoms with Crippen LogP contribution in [0.1, 0.15) is 54.6 Å². The van der Waals surface area contributed by atoms with Gasteiger partial charge in [0, 0.05) is 36.5 Å². The third kappa shape index (κ3) is 3.41. The number of hydrogen-bond donors (Lipinski definition) is 1. The van der Waals surface area contributed by atoms with Gasteiger partial charge in [0.15, 0.2) is 5.49 Å². The van der Waals surface area contributed by atoms with E-state index in [0.717, 1.165) is 42.7 Å². The summed E-state index contributed by atoms with van der Waals surface area (Å²) < 4.78 is 42.1. The number of amides is 1. The van der Waals surface area contributed by atoms with Crippen LogP contribution < -0.4 is 10.8 Å². The molecular weight excluding hydrogens is 465 g/mol. The second kappa shape index (κ2) is 7.28. The van der Waals surface area contributed by atoms with Crippen LogP contribution in [-0.4, -0.2) is 31.8 Å². The molecule has 12 heteroatoms. The zero-order valence-corrected chi connectivity index (χ0v) is 18.9. The molecule has 1 aromatic carbocycles. The normalized spacial score (nSPS) is 25.3. The molecule has 3 heterocycles. The van der Waals surface area contributed by atoms with Crippen LogP contribution in [0.2, 0.25) is 0 Å². The molecule has 1 amide bonds. The summed E-state index contributed by atoms with van der Waals surface area (Å²) in [6, 6.07) is 1.71. The molecule has 9 nitrogen and oxygen atoms in total. The molecule has 35 heavy (non-hydrogen) atoms. The standard InChI is InChI=1S/C23H23F3N6O3/c1-12(14-4-15(23(24,25)26)6-16(5-14)32(34)35)28-19-17-10-30(20(33)22-7-13(8-22)9-22)11-18(17)31-3-2-27-21(31)29-19/h4-6,12-13H,2-3,7-11H2,1H3,(H,27,28,29)/t12-,13?,22?/m1/s1. The number of benzene rings is 1. The second-order valence-electron chi connectivity index (χ2n) is 10.1. The number of fused-ring (bicyclic) bond motifs is 3. The number of halogens is 3. The second-order valence-corrected chi connectivity index (χ2v) is 10.1. The lowest BCUT2D eigenvalue weighted by Crippen LogP contribution is -2.60. The molecule has 2 aromatic rings. The lowest BCUT2D eigenvalue weighted by atomic mass is 9.44. The van der Waals surface area contributed by atoms with Gasteiger partial charge < -0.3 is 14.8 Å². The highest BCUT2D eigenvalue weighted by atomic mass is 19.4. The maximum atomic E-state index is 13.4. The van der Waals surface area contributed by atoms with Crippen LogP contribution in [-0.2, 0) is 30.6 Å². The first-order valence-corrected chi connectivity index (χ1v) is 11.6. The van der Waals surface area contributed by atoms with E-state index in [0.29, 0.717) is 49.6 Å². The SMILES string of the molecule is C[C@@H](N=c1nc2n(c3c1CN(C(=O)C14CC(C1)C4)C3)CCN2)c1cc([N+](=O)[O-])cc(C(F)(F)F)c1. The number of nitrogens with zero attached hydrogens (tertiary/aromatic N) is 5. The molecule has 1 aromatic heterocycles. The molecule has 3 saturated carbocycles. The van der Waals surface area contributed by atoms with Crippen molar-refractivity contribution >= 4 is 17.5 Å². The van der Waals surface area contributed by atoms with Gasteiger partial charge in [-0.1, -0.05) is 0 Å². The molecule has 0 spiro atoms. The number of carbonyl (C=O) groups is 1. The third-order valence-electron chi connectivity index (χ3n) is 7.78. The van der Waals surface area contributed by atoms with Crippen LogP contribution in [0, 0.1) is 21.4 Å². The molecule has 0 saturated heterocycles. The number of nitrogens with one attached hydrogen (secondary N) is 1. The fourth-order valence-corrected chi connectivity index (χ4v) is 5.80. The van der Waals surface area contributed by atoms with Gasteiger partial charge in [0.2, 0.25) is 11.9 Å². The Morgan fingerprint density at radius 2 is 2.03 bits per heavy atom. The summed E-state index contributed by atoms with van der Waals surface area (Å²) >= 11 is 0. The number of hydrogen-bond acceptors (Lipinski definition) is 6. The highest BCUT2D eigenvalue weighted by molar-refractivity contribution is 5.86. The fraction of sp³-hybridized carbons (Fsp3) is 0.522. The van der Waals surface area contributed by atoms with Crippen molar-refractivity contribution in [3.63, 3.8) is 0 Å². The first-order chi connectivity index (χ1) is 16.5. The Morgan fingerprint density at radius 3 is 2.66 bits per heavy atom. The molecule has 0 unspecified atom stereocenters. The van der Waals surface area contributed by atoms with Crippen molar-refractivity contribution in [2.45, 2.75) is 58.0 Å².